The number of hydrogen-bond acceptors (Lipinski definition) is 3. The van der Waals surface area contributed by atoms with E-state index in [-0.39, 0.29) is 5.41 Å². The molecule has 26 heavy (non-hydrogen) atoms. The third-order valence-corrected chi connectivity index (χ3v) is 5.16. The van der Waals surface area contributed by atoms with E-state index in [1.807, 2.05) is 0 Å². The summed E-state index contributed by atoms with van der Waals surface area (Å²) in [4.78, 5) is 4.31. The lowest BCUT2D eigenvalue weighted by Crippen LogP contribution is -2.43. The van der Waals surface area contributed by atoms with Gasteiger partial charge < -0.3 is 20.1 Å². The van der Waals surface area contributed by atoms with Gasteiger partial charge in [0.1, 0.15) is 0 Å². The number of ether oxygens (including phenoxy) is 2. The van der Waals surface area contributed by atoms with Gasteiger partial charge in [-0.25, -0.2) is 0 Å². The van der Waals surface area contributed by atoms with Crippen LogP contribution >= 0.6 is 15.9 Å². The van der Waals surface area contributed by atoms with Gasteiger partial charge in [-0.3, -0.25) is 4.99 Å². The zero-order valence-electron chi connectivity index (χ0n) is 16.2. The Hall–Kier alpha value is -1.11. The fraction of sp³-hybridized carbons (Fsp3) is 0.650. The summed E-state index contributed by atoms with van der Waals surface area (Å²) in [5.41, 5.74) is 1.30. The quantitative estimate of drug-likeness (QED) is 0.361. The number of rotatable bonds is 9. The minimum atomic E-state index is 0.00780. The van der Waals surface area contributed by atoms with Crippen molar-refractivity contribution in [3.8, 4) is 0 Å². The van der Waals surface area contributed by atoms with Crippen LogP contribution in [0.25, 0.3) is 0 Å². The van der Waals surface area contributed by atoms with Crippen molar-refractivity contribution in [2.45, 2.75) is 32.1 Å². The molecule has 1 aromatic carbocycles. The first-order valence-electron chi connectivity index (χ1n) is 9.37. The summed E-state index contributed by atoms with van der Waals surface area (Å²) < 4.78 is 12.2. The summed E-state index contributed by atoms with van der Waals surface area (Å²) in [6.07, 6.45) is 2.09. The molecule has 2 N–H and O–H groups in total. The van der Waals surface area contributed by atoms with E-state index in [0.717, 1.165) is 62.8 Å². The van der Waals surface area contributed by atoms with Gasteiger partial charge in [-0.2, -0.15) is 0 Å². The van der Waals surface area contributed by atoms with Crippen LogP contribution in [-0.4, -0.2) is 52.5 Å². The minimum absolute atomic E-state index is 0.00780. The lowest BCUT2D eigenvalue weighted by atomic mass is 9.85. The fourth-order valence-corrected chi connectivity index (χ4v) is 3.28. The summed E-state index contributed by atoms with van der Waals surface area (Å²) >= 11 is 3.55. The summed E-state index contributed by atoms with van der Waals surface area (Å²) in [6, 6.07) is 8.46. The van der Waals surface area contributed by atoms with E-state index < -0.39 is 0 Å². The number of aliphatic imine (C=N–C) groups is 1. The van der Waals surface area contributed by atoms with Crippen LogP contribution in [0.1, 0.15) is 32.3 Å². The predicted octanol–water partition coefficient (Wildman–Crippen LogP) is 3.33. The zero-order chi connectivity index (χ0) is 18.8. The summed E-state index contributed by atoms with van der Waals surface area (Å²) in [5.74, 6) is 1.41. The van der Waals surface area contributed by atoms with Gasteiger partial charge in [0.05, 0.1) is 13.2 Å². The molecule has 1 aliphatic rings. The number of benzene rings is 1. The van der Waals surface area contributed by atoms with Crippen LogP contribution in [-0.2, 0) is 14.9 Å². The molecule has 1 atom stereocenters. The maximum atomic E-state index is 5.73. The van der Waals surface area contributed by atoms with Gasteiger partial charge in [0.2, 0.25) is 0 Å². The molecule has 0 radical (unpaired) electrons. The molecule has 1 aromatic rings. The fourth-order valence-electron chi connectivity index (χ4n) is 2.88. The highest BCUT2D eigenvalue weighted by Crippen LogP contribution is 2.25. The molecule has 0 aliphatic carbocycles. The molecule has 0 spiro atoms. The van der Waals surface area contributed by atoms with Crippen molar-refractivity contribution >= 4 is 21.9 Å². The lowest BCUT2D eigenvalue weighted by molar-refractivity contribution is 0.0888. The third kappa shape index (κ3) is 7.25. The average molecular weight is 426 g/mol. The average Bonchev–Trinajstić information content (AvgIpc) is 3.14. The Morgan fingerprint density at radius 3 is 2.92 bits per heavy atom. The first-order valence-corrected chi connectivity index (χ1v) is 10.2. The van der Waals surface area contributed by atoms with Crippen LogP contribution in [0.4, 0.5) is 0 Å². The molecule has 0 amide bonds. The van der Waals surface area contributed by atoms with Crippen LogP contribution in [0.2, 0.25) is 0 Å². The maximum Gasteiger partial charge on any atom is 0.191 e. The van der Waals surface area contributed by atoms with Gasteiger partial charge in [0.25, 0.3) is 0 Å². The standard InChI is InChI=1S/C20H32BrN3O2/c1-20(2,17-6-4-7-18(21)12-17)15-24-19(22-3)23-9-5-10-25-13-16-8-11-26-14-16/h4,6-7,12,16H,5,8-11,13-15H2,1-3H3,(H2,22,23,24). The third-order valence-electron chi connectivity index (χ3n) is 4.66. The maximum absolute atomic E-state index is 5.73. The second-order valence-electron chi connectivity index (χ2n) is 7.40. The second-order valence-corrected chi connectivity index (χ2v) is 8.32. The Kier molecular flexibility index (Phi) is 8.88. The summed E-state index contributed by atoms with van der Waals surface area (Å²) in [7, 11) is 1.80. The first-order chi connectivity index (χ1) is 12.5. The number of hydrogen-bond donors (Lipinski definition) is 2. The smallest absolute Gasteiger partial charge is 0.191 e. The molecule has 1 heterocycles. The zero-order valence-corrected chi connectivity index (χ0v) is 17.8. The van der Waals surface area contributed by atoms with Gasteiger partial charge >= 0.3 is 0 Å². The van der Waals surface area contributed by atoms with E-state index in [4.69, 9.17) is 9.47 Å². The molecule has 6 heteroatoms. The van der Waals surface area contributed by atoms with Crippen LogP contribution in [0.3, 0.4) is 0 Å². The Balaban J connectivity index is 1.63. The van der Waals surface area contributed by atoms with Crippen molar-refractivity contribution in [2.75, 3.05) is 46.6 Å². The first kappa shape index (κ1) is 21.2. The molecular weight excluding hydrogens is 394 g/mol. The Morgan fingerprint density at radius 2 is 2.23 bits per heavy atom. The monoisotopic (exact) mass is 425 g/mol. The Bertz CT molecular complexity index is 572. The van der Waals surface area contributed by atoms with Gasteiger partial charge in [-0.05, 0) is 30.5 Å². The predicted molar refractivity (Wildman–Crippen MR) is 111 cm³/mol. The molecule has 1 unspecified atom stereocenters. The molecule has 0 aromatic heterocycles. The van der Waals surface area contributed by atoms with E-state index in [1.165, 1.54) is 5.56 Å². The summed E-state index contributed by atoms with van der Waals surface area (Å²) in [6.45, 7) is 9.43. The van der Waals surface area contributed by atoms with Crippen LogP contribution in [0.5, 0.6) is 0 Å². The topological polar surface area (TPSA) is 54.9 Å². The molecular formula is C20H32BrN3O2. The second kappa shape index (κ2) is 10.9. The van der Waals surface area contributed by atoms with Crippen LogP contribution in [0, 0.1) is 5.92 Å². The number of nitrogens with zero attached hydrogens (tertiary/aromatic N) is 1. The normalized spacial score (nSPS) is 18.2. The number of halogens is 1. The van der Waals surface area contributed by atoms with Gasteiger partial charge in [-0.15, -0.1) is 0 Å². The number of guanidine groups is 1. The highest BCUT2D eigenvalue weighted by Gasteiger charge is 2.21. The molecule has 0 bridgehead atoms. The van der Waals surface area contributed by atoms with Crippen molar-refractivity contribution in [1.82, 2.24) is 10.6 Å². The number of nitrogens with one attached hydrogen (secondary N) is 2. The molecule has 146 valence electrons. The van der Waals surface area contributed by atoms with E-state index in [9.17, 15) is 0 Å². The van der Waals surface area contributed by atoms with E-state index >= 15 is 0 Å². The van der Waals surface area contributed by atoms with Crippen LogP contribution < -0.4 is 10.6 Å². The Labute approximate surface area is 166 Å². The van der Waals surface area contributed by atoms with Crippen molar-refractivity contribution in [3.05, 3.63) is 34.3 Å². The lowest BCUT2D eigenvalue weighted by Gasteiger charge is -2.27. The van der Waals surface area contributed by atoms with Crippen molar-refractivity contribution < 1.29 is 9.47 Å². The SMILES string of the molecule is CN=C(NCCCOCC1CCOC1)NCC(C)(C)c1cccc(Br)c1. The van der Waals surface area contributed by atoms with Gasteiger partial charge in [0.15, 0.2) is 5.96 Å². The Morgan fingerprint density at radius 1 is 1.38 bits per heavy atom. The van der Waals surface area contributed by atoms with E-state index in [0.29, 0.717) is 5.92 Å². The highest BCUT2D eigenvalue weighted by atomic mass is 79.9. The van der Waals surface area contributed by atoms with Crippen molar-refractivity contribution in [1.29, 1.82) is 0 Å². The molecule has 1 aliphatic heterocycles. The van der Waals surface area contributed by atoms with Crippen molar-refractivity contribution in [2.24, 2.45) is 10.9 Å². The van der Waals surface area contributed by atoms with Gasteiger partial charge in [-0.1, -0.05) is 41.9 Å². The van der Waals surface area contributed by atoms with E-state index in [2.05, 4.69) is 69.7 Å². The van der Waals surface area contributed by atoms with Crippen molar-refractivity contribution in [3.63, 3.8) is 0 Å². The molecule has 5 nitrogen and oxygen atoms in total. The molecule has 1 fully saturated rings. The minimum Gasteiger partial charge on any atom is -0.381 e. The molecule has 1 saturated heterocycles. The highest BCUT2D eigenvalue weighted by molar-refractivity contribution is 9.10. The summed E-state index contributed by atoms with van der Waals surface area (Å²) in [5, 5.41) is 6.79. The van der Waals surface area contributed by atoms with Gasteiger partial charge in [0, 0.05) is 49.2 Å². The molecule has 2 rings (SSSR count). The largest absolute Gasteiger partial charge is 0.381 e. The van der Waals surface area contributed by atoms with Crippen LogP contribution in [0.15, 0.2) is 33.7 Å². The molecule has 0 saturated carbocycles. The van der Waals surface area contributed by atoms with E-state index in [1.54, 1.807) is 7.05 Å².